The fourth-order valence-electron chi connectivity index (χ4n) is 7.15. The van der Waals surface area contributed by atoms with Crippen molar-refractivity contribution in [3.8, 4) is 0 Å². The summed E-state index contributed by atoms with van der Waals surface area (Å²) >= 11 is 0. The fraction of sp³-hybridized carbons (Fsp3) is 0.381. The standard InChI is InChI=1S/C42H50N2O4/c1-28-10-18-34(19-11-28)41(47,35-20-12-29(2)13-21-35)32(5)43-38(45)40(26-8-7-9-27-40)39(46)44-33(6)42(48,36-22-14-30(3)15-23-36)37-24-16-31(4)17-25-37/h10-25,32-33,47-48H,7-9,26-27H2,1-6H3,(H,43,45)(H,44,46)/t32-,33-/m1/s1. The van der Waals surface area contributed by atoms with Crippen molar-refractivity contribution in [1.82, 2.24) is 10.6 Å². The summed E-state index contributed by atoms with van der Waals surface area (Å²) in [5, 5.41) is 31.2. The molecule has 0 radical (unpaired) electrons. The van der Waals surface area contributed by atoms with Crippen LogP contribution in [-0.2, 0) is 20.8 Å². The Balaban J connectivity index is 1.48. The predicted molar refractivity (Wildman–Crippen MR) is 191 cm³/mol. The van der Waals surface area contributed by atoms with Gasteiger partial charge in [0.2, 0.25) is 11.8 Å². The Morgan fingerprint density at radius 1 is 0.521 bits per heavy atom. The Hall–Kier alpha value is -4.26. The van der Waals surface area contributed by atoms with Crippen molar-refractivity contribution in [1.29, 1.82) is 0 Å². The second-order valence-corrected chi connectivity index (χ2v) is 14.0. The first-order valence-electron chi connectivity index (χ1n) is 17.2. The van der Waals surface area contributed by atoms with Crippen LogP contribution in [0, 0.1) is 33.1 Å². The molecule has 0 aliphatic heterocycles. The summed E-state index contributed by atoms with van der Waals surface area (Å²) in [7, 11) is 0. The van der Waals surface area contributed by atoms with Crippen LogP contribution >= 0.6 is 0 Å². The zero-order valence-electron chi connectivity index (χ0n) is 29.1. The number of amides is 2. The van der Waals surface area contributed by atoms with Crippen LogP contribution in [0.5, 0.6) is 0 Å². The monoisotopic (exact) mass is 646 g/mol. The average Bonchev–Trinajstić information content (AvgIpc) is 3.09. The molecule has 4 N–H and O–H groups in total. The average molecular weight is 647 g/mol. The second-order valence-electron chi connectivity index (χ2n) is 14.0. The van der Waals surface area contributed by atoms with Crippen molar-refractivity contribution in [3.63, 3.8) is 0 Å². The minimum Gasteiger partial charge on any atom is -0.378 e. The van der Waals surface area contributed by atoms with E-state index in [9.17, 15) is 19.8 Å². The third kappa shape index (κ3) is 6.69. The maximum absolute atomic E-state index is 14.5. The van der Waals surface area contributed by atoms with E-state index in [1.165, 1.54) is 0 Å². The number of carbonyl (C=O) groups is 2. The van der Waals surface area contributed by atoms with Gasteiger partial charge in [0.25, 0.3) is 0 Å². The first-order chi connectivity index (χ1) is 22.8. The van der Waals surface area contributed by atoms with Gasteiger partial charge in [0.05, 0.1) is 12.1 Å². The minimum atomic E-state index is -1.55. The van der Waals surface area contributed by atoms with E-state index < -0.39 is 40.5 Å². The van der Waals surface area contributed by atoms with Crippen molar-refractivity contribution < 1.29 is 19.8 Å². The van der Waals surface area contributed by atoms with E-state index in [-0.39, 0.29) is 0 Å². The zero-order valence-corrected chi connectivity index (χ0v) is 29.1. The molecule has 5 rings (SSSR count). The van der Waals surface area contributed by atoms with E-state index in [0.717, 1.165) is 41.5 Å². The minimum absolute atomic E-state index is 0.380. The van der Waals surface area contributed by atoms with Crippen molar-refractivity contribution in [2.45, 2.75) is 96.9 Å². The lowest BCUT2D eigenvalue weighted by molar-refractivity contribution is -0.148. The van der Waals surface area contributed by atoms with Gasteiger partial charge in [0.1, 0.15) is 16.6 Å². The number of benzene rings is 4. The van der Waals surface area contributed by atoms with Crippen LogP contribution in [0.3, 0.4) is 0 Å². The highest BCUT2D eigenvalue weighted by molar-refractivity contribution is 6.05. The van der Waals surface area contributed by atoms with Crippen LogP contribution in [-0.4, -0.2) is 34.1 Å². The summed E-state index contributed by atoms with van der Waals surface area (Å²) in [6, 6.07) is 29.2. The highest BCUT2D eigenvalue weighted by atomic mass is 16.3. The molecule has 4 aromatic carbocycles. The number of aliphatic hydroxyl groups is 2. The molecule has 2 atom stereocenters. The zero-order chi connectivity index (χ0) is 34.7. The van der Waals surface area contributed by atoms with E-state index in [2.05, 4.69) is 10.6 Å². The van der Waals surface area contributed by atoms with Gasteiger partial charge in [-0.3, -0.25) is 9.59 Å². The molecule has 1 fully saturated rings. The Morgan fingerprint density at radius 2 is 0.771 bits per heavy atom. The third-order valence-corrected chi connectivity index (χ3v) is 10.5. The largest absolute Gasteiger partial charge is 0.378 e. The van der Waals surface area contributed by atoms with Gasteiger partial charge in [-0.1, -0.05) is 139 Å². The van der Waals surface area contributed by atoms with Crippen molar-refractivity contribution in [2.75, 3.05) is 0 Å². The van der Waals surface area contributed by atoms with E-state index in [0.29, 0.717) is 35.1 Å². The number of nitrogens with one attached hydrogen (secondary N) is 2. The molecule has 0 saturated heterocycles. The molecule has 1 saturated carbocycles. The van der Waals surface area contributed by atoms with Crippen LogP contribution in [0.4, 0.5) is 0 Å². The van der Waals surface area contributed by atoms with Gasteiger partial charge in [0.15, 0.2) is 0 Å². The predicted octanol–water partition coefficient (Wildman–Crippen LogP) is 7.05. The van der Waals surface area contributed by atoms with Gasteiger partial charge in [-0.25, -0.2) is 0 Å². The van der Waals surface area contributed by atoms with E-state index in [1.807, 2.05) is 125 Å². The van der Waals surface area contributed by atoms with Gasteiger partial charge in [0, 0.05) is 0 Å². The molecule has 2 amide bonds. The highest BCUT2D eigenvalue weighted by Crippen LogP contribution is 2.41. The topological polar surface area (TPSA) is 98.7 Å². The lowest BCUT2D eigenvalue weighted by atomic mass is 9.71. The fourth-order valence-corrected chi connectivity index (χ4v) is 7.15. The molecule has 0 spiro atoms. The van der Waals surface area contributed by atoms with Crippen LogP contribution < -0.4 is 10.6 Å². The number of hydrogen-bond donors (Lipinski definition) is 4. The molecule has 0 unspecified atom stereocenters. The Labute approximate surface area is 285 Å². The van der Waals surface area contributed by atoms with E-state index >= 15 is 0 Å². The van der Waals surface area contributed by atoms with Crippen LogP contribution in [0.25, 0.3) is 0 Å². The van der Waals surface area contributed by atoms with Crippen molar-refractivity contribution in [3.05, 3.63) is 142 Å². The van der Waals surface area contributed by atoms with Gasteiger partial charge < -0.3 is 20.8 Å². The number of rotatable bonds is 10. The molecule has 0 heterocycles. The first kappa shape index (κ1) is 35.1. The summed E-state index contributed by atoms with van der Waals surface area (Å²) < 4.78 is 0. The van der Waals surface area contributed by atoms with Crippen molar-refractivity contribution in [2.24, 2.45) is 5.41 Å². The maximum Gasteiger partial charge on any atom is 0.236 e. The van der Waals surface area contributed by atoms with Crippen molar-refractivity contribution >= 4 is 11.8 Å². The van der Waals surface area contributed by atoms with Crippen LogP contribution in [0.1, 0.15) is 90.5 Å². The molecule has 1 aliphatic carbocycles. The number of aryl methyl sites for hydroxylation is 4. The maximum atomic E-state index is 14.5. The lowest BCUT2D eigenvalue weighted by Crippen LogP contribution is -2.60. The number of carbonyl (C=O) groups excluding carboxylic acids is 2. The quantitative estimate of drug-likeness (QED) is 0.139. The van der Waals surface area contributed by atoms with Crippen LogP contribution in [0.2, 0.25) is 0 Å². The molecule has 0 aromatic heterocycles. The SMILES string of the molecule is Cc1ccc(C(O)(c2ccc(C)cc2)[C@@H](C)NC(=O)C2(C(=O)N[C@H](C)C(O)(c3ccc(C)cc3)c3ccc(C)cc3)CCCCC2)cc1. The Kier molecular flexibility index (Phi) is 10.3. The molecule has 6 heteroatoms. The van der Waals surface area contributed by atoms with Gasteiger partial charge >= 0.3 is 0 Å². The lowest BCUT2D eigenvalue weighted by Gasteiger charge is -2.42. The molecular formula is C42H50N2O4. The van der Waals surface area contributed by atoms with E-state index in [4.69, 9.17) is 0 Å². The molecule has 0 bridgehead atoms. The molecule has 252 valence electrons. The molecule has 6 nitrogen and oxygen atoms in total. The van der Waals surface area contributed by atoms with Gasteiger partial charge in [-0.15, -0.1) is 0 Å². The third-order valence-electron chi connectivity index (χ3n) is 10.5. The van der Waals surface area contributed by atoms with Gasteiger partial charge in [-0.05, 0) is 76.6 Å². The summed E-state index contributed by atoms with van der Waals surface area (Å²) in [6.45, 7) is 11.6. The molecule has 48 heavy (non-hydrogen) atoms. The highest BCUT2D eigenvalue weighted by Gasteiger charge is 2.50. The normalized spacial score (nSPS) is 16.1. The second kappa shape index (κ2) is 14.1. The molecular weight excluding hydrogens is 596 g/mol. The molecule has 4 aromatic rings. The summed E-state index contributed by atoms with van der Waals surface area (Å²) in [6.07, 6.45) is 3.14. The van der Waals surface area contributed by atoms with Gasteiger partial charge in [-0.2, -0.15) is 0 Å². The van der Waals surface area contributed by atoms with E-state index in [1.54, 1.807) is 13.8 Å². The van der Waals surface area contributed by atoms with Crippen LogP contribution in [0.15, 0.2) is 97.1 Å². The smallest absolute Gasteiger partial charge is 0.236 e. The summed E-state index contributed by atoms with van der Waals surface area (Å²) in [5.74, 6) is -0.822. The Morgan fingerprint density at radius 3 is 1.02 bits per heavy atom. The Bertz CT molecular complexity index is 1490. The summed E-state index contributed by atoms with van der Waals surface area (Å²) in [5.41, 5.74) is 2.40. The summed E-state index contributed by atoms with van der Waals surface area (Å²) in [4.78, 5) is 29.0. The number of hydrogen-bond acceptors (Lipinski definition) is 4. The molecule has 1 aliphatic rings. The first-order valence-corrected chi connectivity index (χ1v) is 17.2.